The summed E-state index contributed by atoms with van der Waals surface area (Å²) in [5.74, 6) is 0.737. The van der Waals surface area contributed by atoms with E-state index in [0.29, 0.717) is 12.1 Å². The summed E-state index contributed by atoms with van der Waals surface area (Å²) in [7, 11) is 0. The van der Waals surface area contributed by atoms with Gasteiger partial charge in [-0.05, 0) is 32.1 Å². The van der Waals surface area contributed by atoms with Gasteiger partial charge >= 0.3 is 0 Å². The lowest BCUT2D eigenvalue weighted by molar-refractivity contribution is 0.176. The van der Waals surface area contributed by atoms with Gasteiger partial charge in [-0.15, -0.1) is 0 Å². The van der Waals surface area contributed by atoms with Crippen LogP contribution < -0.4 is 5.32 Å². The predicted molar refractivity (Wildman–Crippen MR) is 55.9 cm³/mol. The number of rotatable bonds is 5. The molecule has 2 heteroatoms. The van der Waals surface area contributed by atoms with E-state index in [2.05, 4.69) is 26.1 Å². The van der Waals surface area contributed by atoms with E-state index in [-0.39, 0.29) is 0 Å². The fourth-order valence-corrected chi connectivity index (χ4v) is 1.98. The molecule has 0 aliphatic carbocycles. The zero-order chi connectivity index (χ0) is 9.68. The van der Waals surface area contributed by atoms with Crippen molar-refractivity contribution in [3.63, 3.8) is 0 Å². The largest absolute Gasteiger partial charge is 0.381 e. The molecule has 2 nitrogen and oxygen atoms in total. The van der Waals surface area contributed by atoms with Crippen LogP contribution in [0.3, 0.4) is 0 Å². The molecule has 1 heterocycles. The third-order valence-electron chi connectivity index (χ3n) is 3.16. The highest BCUT2D eigenvalue weighted by Gasteiger charge is 2.23. The van der Waals surface area contributed by atoms with Gasteiger partial charge in [0, 0.05) is 18.7 Å². The van der Waals surface area contributed by atoms with Gasteiger partial charge in [0.05, 0.1) is 6.61 Å². The normalized spacial score (nSPS) is 25.4. The Morgan fingerprint density at radius 2 is 2.08 bits per heavy atom. The Labute approximate surface area is 82.0 Å². The van der Waals surface area contributed by atoms with E-state index in [9.17, 15) is 0 Å². The Balaban J connectivity index is 2.25. The molecule has 1 aliphatic rings. The fraction of sp³-hybridized carbons (Fsp3) is 1.00. The molecule has 1 N–H and O–H groups in total. The molecular weight excluding hydrogens is 162 g/mol. The van der Waals surface area contributed by atoms with Crippen LogP contribution in [0.25, 0.3) is 0 Å². The van der Waals surface area contributed by atoms with Crippen molar-refractivity contribution >= 4 is 0 Å². The van der Waals surface area contributed by atoms with Crippen LogP contribution in [0, 0.1) is 5.92 Å². The van der Waals surface area contributed by atoms with Crippen LogP contribution in [0.5, 0.6) is 0 Å². The van der Waals surface area contributed by atoms with Crippen LogP contribution in [0.15, 0.2) is 0 Å². The zero-order valence-electron chi connectivity index (χ0n) is 9.18. The minimum atomic E-state index is 0.618. The second kappa shape index (κ2) is 5.61. The van der Waals surface area contributed by atoms with Gasteiger partial charge in [-0.1, -0.05) is 13.8 Å². The summed E-state index contributed by atoms with van der Waals surface area (Å²) >= 11 is 0. The van der Waals surface area contributed by atoms with Crippen molar-refractivity contribution in [2.45, 2.75) is 52.1 Å². The molecule has 1 rings (SSSR count). The van der Waals surface area contributed by atoms with Crippen molar-refractivity contribution in [1.82, 2.24) is 5.32 Å². The molecule has 1 saturated heterocycles. The van der Waals surface area contributed by atoms with Crippen LogP contribution in [-0.4, -0.2) is 25.3 Å². The van der Waals surface area contributed by atoms with E-state index in [1.807, 2.05) is 0 Å². The maximum absolute atomic E-state index is 5.39. The summed E-state index contributed by atoms with van der Waals surface area (Å²) in [5, 5.41) is 3.68. The van der Waals surface area contributed by atoms with Crippen LogP contribution >= 0.6 is 0 Å². The first-order chi connectivity index (χ1) is 6.27. The zero-order valence-corrected chi connectivity index (χ0v) is 9.18. The fourth-order valence-electron chi connectivity index (χ4n) is 1.98. The van der Waals surface area contributed by atoms with Gasteiger partial charge in [0.15, 0.2) is 0 Å². The number of hydrogen-bond acceptors (Lipinski definition) is 2. The van der Waals surface area contributed by atoms with Crippen LogP contribution in [0.2, 0.25) is 0 Å². The topological polar surface area (TPSA) is 21.3 Å². The Morgan fingerprint density at radius 1 is 1.38 bits per heavy atom. The van der Waals surface area contributed by atoms with E-state index in [0.717, 1.165) is 19.1 Å². The van der Waals surface area contributed by atoms with Crippen molar-refractivity contribution in [2.24, 2.45) is 5.92 Å². The molecule has 0 bridgehead atoms. The summed E-state index contributed by atoms with van der Waals surface area (Å²) < 4.78 is 5.39. The lowest BCUT2D eigenvalue weighted by Gasteiger charge is -2.24. The van der Waals surface area contributed by atoms with Crippen LogP contribution in [0.4, 0.5) is 0 Å². The van der Waals surface area contributed by atoms with Crippen molar-refractivity contribution in [1.29, 1.82) is 0 Å². The molecule has 0 aromatic carbocycles. The molecule has 78 valence electrons. The molecule has 0 amide bonds. The summed E-state index contributed by atoms with van der Waals surface area (Å²) in [6.45, 7) is 8.70. The van der Waals surface area contributed by atoms with E-state index in [4.69, 9.17) is 4.74 Å². The molecule has 0 radical (unpaired) electrons. The summed E-state index contributed by atoms with van der Waals surface area (Å²) in [6, 6.07) is 1.31. The first-order valence-corrected chi connectivity index (χ1v) is 5.61. The number of ether oxygens (including phenoxy) is 1. The van der Waals surface area contributed by atoms with Gasteiger partial charge in [0.2, 0.25) is 0 Å². The van der Waals surface area contributed by atoms with E-state index >= 15 is 0 Å². The van der Waals surface area contributed by atoms with E-state index in [1.54, 1.807) is 0 Å². The molecule has 1 aliphatic heterocycles. The monoisotopic (exact) mass is 185 g/mol. The number of hydrogen-bond donors (Lipinski definition) is 1. The highest BCUT2D eigenvalue weighted by Crippen LogP contribution is 2.17. The quantitative estimate of drug-likeness (QED) is 0.709. The third kappa shape index (κ3) is 3.28. The lowest BCUT2D eigenvalue weighted by atomic mass is 9.99. The van der Waals surface area contributed by atoms with Crippen LogP contribution in [-0.2, 0) is 4.74 Å². The molecule has 0 aromatic rings. The van der Waals surface area contributed by atoms with Crippen LogP contribution in [0.1, 0.15) is 40.0 Å². The Kier molecular flexibility index (Phi) is 4.74. The highest BCUT2D eigenvalue weighted by atomic mass is 16.5. The molecule has 0 saturated carbocycles. The SMILES string of the molecule is CCC(CC)NC(C)C1CCOC1. The standard InChI is InChI=1S/C11H23NO/c1-4-11(5-2)12-9(3)10-6-7-13-8-10/h9-12H,4-8H2,1-3H3. The molecule has 1 fully saturated rings. The first kappa shape index (κ1) is 11.0. The molecule has 0 aromatic heterocycles. The molecule has 0 spiro atoms. The second-order valence-electron chi connectivity index (χ2n) is 4.09. The summed E-state index contributed by atoms with van der Waals surface area (Å²) in [5.41, 5.74) is 0. The molecule has 2 unspecified atom stereocenters. The average molecular weight is 185 g/mol. The average Bonchev–Trinajstić information content (AvgIpc) is 2.66. The summed E-state index contributed by atoms with van der Waals surface area (Å²) in [4.78, 5) is 0. The molecular formula is C11H23NO. The van der Waals surface area contributed by atoms with Gasteiger partial charge in [-0.25, -0.2) is 0 Å². The minimum absolute atomic E-state index is 0.618. The van der Waals surface area contributed by atoms with Crippen molar-refractivity contribution in [2.75, 3.05) is 13.2 Å². The lowest BCUT2D eigenvalue weighted by Crippen LogP contribution is -2.40. The van der Waals surface area contributed by atoms with Gasteiger partial charge < -0.3 is 10.1 Å². The third-order valence-corrected chi connectivity index (χ3v) is 3.16. The Bertz CT molecular complexity index is 128. The van der Waals surface area contributed by atoms with Gasteiger partial charge in [-0.2, -0.15) is 0 Å². The second-order valence-corrected chi connectivity index (χ2v) is 4.09. The van der Waals surface area contributed by atoms with Gasteiger partial charge in [-0.3, -0.25) is 0 Å². The molecule has 13 heavy (non-hydrogen) atoms. The highest BCUT2D eigenvalue weighted by molar-refractivity contribution is 4.78. The Hall–Kier alpha value is -0.0800. The summed E-state index contributed by atoms with van der Waals surface area (Å²) in [6.07, 6.45) is 3.69. The van der Waals surface area contributed by atoms with Crippen molar-refractivity contribution in [3.05, 3.63) is 0 Å². The first-order valence-electron chi connectivity index (χ1n) is 5.61. The number of nitrogens with one attached hydrogen (secondary N) is 1. The molecule has 2 atom stereocenters. The minimum Gasteiger partial charge on any atom is -0.381 e. The van der Waals surface area contributed by atoms with Crippen molar-refractivity contribution in [3.8, 4) is 0 Å². The van der Waals surface area contributed by atoms with Gasteiger partial charge in [0.1, 0.15) is 0 Å². The van der Waals surface area contributed by atoms with E-state index < -0.39 is 0 Å². The van der Waals surface area contributed by atoms with Crippen molar-refractivity contribution < 1.29 is 4.74 Å². The van der Waals surface area contributed by atoms with E-state index in [1.165, 1.54) is 19.3 Å². The van der Waals surface area contributed by atoms with Gasteiger partial charge in [0.25, 0.3) is 0 Å². The predicted octanol–water partition coefficient (Wildman–Crippen LogP) is 2.19. The smallest absolute Gasteiger partial charge is 0.0509 e. The maximum Gasteiger partial charge on any atom is 0.0509 e. The Morgan fingerprint density at radius 3 is 2.54 bits per heavy atom. The maximum atomic E-state index is 5.39.